The summed E-state index contributed by atoms with van der Waals surface area (Å²) >= 11 is 0. The van der Waals surface area contributed by atoms with E-state index in [1.807, 2.05) is 19.1 Å². The Labute approximate surface area is 248 Å². The fourth-order valence-corrected chi connectivity index (χ4v) is 5.69. The van der Waals surface area contributed by atoms with E-state index in [0.717, 1.165) is 43.9 Å². The molecule has 6 rings (SSSR count). The van der Waals surface area contributed by atoms with Crippen LogP contribution in [0.1, 0.15) is 34.0 Å². The van der Waals surface area contributed by atoms with E-state index in [9.17, 15) is 19.5 Å². The molecule has 3 aliphatic heterocycles. The Morgan fingerprint density at radius 3 is 2.51 bits per heavy atom. The van der Waals surface area contributed by atoms with Crippen molar-refractivity contribution >= 4 is 23.7 Å². The number of amides is 4. The van der Waals surface area contributed by atoms with Gasteiger partial charge in [0.25, 0.3) is 11.8 Å². The molecule has 3 aromatic rings. The zero-order chi connectivity index (χ0) is 30.3. The van der Waals surface area contributed by atoms with Gasteiger partial charge < -0.3 is 25.1 Å². The number of benzene rings is 2. The summed E-state index contributed by atoms with van der Waals surface area (Å²) in [6.45, 7) is 8.44. The van der Waals surface area contributed by atoms with Gasteiger partial charge in [-0.1, -0.05) is 36.5 Å². The lowest BCUT2D eigenvalue weighted by atomic mass is 9.98. The van der Waals surface area contributed by atoms with Crippen molar-refractivity contribution in [3.8, 4) is 28.8 Å². The van der Waals surface area contributed by atoms with Crippen molar-refractivity contribution in [2.75, 3.05) is 44.2 Å². The Balaban J connectivity index is 1.25. The van der Waals surface area contributed by atoms with Crippen LogP contribution in [0.4, 0.5) is 15.0 Å². The minimum atomic E-state index is -1.71. The molecule has 0 bridgehead atoms. The van der Waals surface area contributed by atoms with Gasteiger partial charge in [-0.3, -0.25) is 14.9 Å². The first-order valence-electron chi connectivity index (χ1n) is 14.2. The number of hydrogen-bond donors (Lipinski definition) is 3. The van der Waals surface area contributed by atoms with Crippen LogP contribution >= 0.6 is 0 Å². The lowest BCUT2D eigenvalue weighted by Gasteiger charge is -2.34. The van der Waals surface area contributed by atoms with Gasteiger partial charge in [-0.05, 0) is 55.4 Å². The number of imide groups is 1. The molecule has 0 radical (unpaired) electrons. The summed E-state index contributed by atoms with van der Waals surface area (Å²) < 4.78 is 15.4. The predicted molar refractivity (Wildman–Crippen MR) is 158 cm³/mol. The number of rotatable bonds is 5. The summed E-state index contributed by atoms with van der Waals surface area (Å²) in [6.07, 6.45) is 0. The first-order chi connectivity index (χ1) is 20.7. The molecule has 220 valence electrons. The van der Waals surface area contributed by atoms with Gasteiger partial charge >= 0.3 is 6.03 Å². The lowest BCUT2D eigenvalue weighted by molar-refractivity contribution is -0.122. The van der Waals surface area contributed by atoms with Gasteiger partial charge in [0.05, 0.1) is 6.54 Å². The molecule has 1 unspecified atom stereocenters. The molecular formula is C32H31FN6O4. The number of carbonyl (C=O) groups is 3. The summed E-state index contributed by atoms with van der Waals surface area (Å²) in [5.41, 5.74) is 1.07. The highest BCUT2D eigenvalue weighted by atomic mass is 19.1. The average molecular weight is 583 g/mol. The number of aryl methyl sites for hydroxylation is 1. The molecular weight excluding hydrogens is 551 g/mol. The van der Waals surface area contributed by atoms with E-state index in [1.54, 1.807) is 18.2 Å². The second kappa shape index (κ2) is 11.0. The number of piperazine rings is 1. The van der Waals surface area contributed by atoms with Crippen LogP contribution in [0, 0.1) is 24.6 Å². The molecule has 2 fully saturated rings. The Morgan fingerprint density at radius 1 is 1.02 bits per heavy atom. The zero-order valence-corrected chi connectivity index (χ0v) is 23.9. The summed E-state index contributed by atoms with van der Waals surface area (Å²) in [6, 6.07) is 12.3. The lowest BCUT2D eigenvalue weighted by Crippen LogP contribution is -2.54. The molecule has 11 heteroatoms. The third kappa shape index (κ3) is 5.37. The van der Waals surface area contributed by atoms with Gasteiger partial charge in [-0.15, -0.1) is 0 Å². The molecule has 4 heterocycles. The average Bonchev–Trinajstić information content (AvgIpc) is 3.45. The minimum Gasteiger partial charge on any atom is -0.506 e. The maximum atomic E-state index is 15.4. The molecule has 1 atom stereocenters. The quantitative estimate of drug-likeness (QED) is 0.313. The standard InChI is InChI=1S/C32H31FN6O4/c1-3-37-12-14-38(15-13-37)27-9-8-26(40)28(34-27)23-7-5-21(17-25(23)33)10-11-32(30(42)35-31(43)36-32)19-39-18-22-6-4-20(2)16-24(22)29(39)41/h4-9,16-17,40H,3,12-15,18-19H2,1-2H3,(H2,35,36,42,43). The first kappa shape index (κ1) is 28.2. The Morgan fingerprint density at radius 2 is 1.81 bits per heavy atom. The van der Waals surface area contributed by atoms with Crippen molar-refractivity contribution in [2.24, 2.45) is 0 Å². The van der Waals surface area contributed by atoms with Gasteiger partial charge in [0.2, 0.25) is 5.54 Å². The van der Waals surface area contributed by atoms with Gasteiger partial charge in [0.15, 0.2) is 0 Å². The van der Waals surface area contributed by atoms with E-state index in [4.69, 9.17) is 0 Å². The van der Waals surface area contributed by atoms with Crippen LogP contribution in [-0.2, 0) is 11.3 Å². The third-order valence-electron chi connectivity index (χ3n) is 8.16. The van der Waals surface area contributed by atoms with E-state index in [2.05, 4.69) is 44.2 Å². The SMILES string of the molecule is CCN1CCN(c2ccc(O)c(-c3ccc(C#CC4(CN5Cc6ccc(C)cc6C5=O)NC(=O)NC4=O)cc3F)n2)CC1. The second-order valence-electron chi connectivity index (χ2n) is 11.0. The molecule has 43 heavy (non-hydrogen) atoms. The van der Waals surface area contributed by atoms with Gasteiger partial charge in [-0.25, -0.2) is 14.2 Å². The summed E-state index contributed by atoms with van der Waals surface area (Å²) in [4.78, 5) is 48.7. The molecule has 0 saturated carbocycles. The van der Waals surface area contributed by atoms with Crippen molar-refractivity contribution in [3.63, 3.8) is 0 Å². The number of nitrogens with one attached hydrogen (secondary N) is 2. The van der Waals surface area contributed by atoms with Crippen molar-refractivity contribution in [2.45, 2.75) is 25.9 Å². The van der Waals surface area contributed by atoms with Crippen LogP contribution in [0.3, 0.4) is 0 Å². The third-order valence-corrected chi connectivity index (χ3v) is 8.16. The van der Waals surface area contributed by atoms with Gasteiger partial charge in [0, 0.05) is 49.4 Å². The highest BCUT2D eigenvalue weighted by Crippen LogP contribution is 2.32. The van der Waals surface area contributed by atoms with Crippen LogP contribution < -0.4 is 15.5 Å². The summed E-state index contributed by atoms with van der Waals surface area (Å²) in [5, 5.41) is 15.3. The van der Waals surface area contributed by atoms with E-state index < -0.39 is 23.3 Å². The fourth-order valence-electron chi connectivity index (χ4n) is 5.69. The summed E-state index contributed by atoms with van der Waals surface area (Å²) in [7, 11) is 0. The highest BCUT2D eigenvalue weighted by Gasteiger charge is 2.48. The van der Waals surface area contributed by atoms with Crippen LogP contribution in [0.2, 0.25) is 0 Å². The summed E-state index contributed by atoms with van der Waals surface area (Å²) in [5.74, 6) is 4.52. The van der Waals surface area contributed by atoms with Crippen molar-refractivity contribution in [1.82, 2.24) is 25.4 Å². The topological polar surface area (TPSA) is 118 Å². The maximum Gasteiger partial charge on any atom is 0.323 e. The first-order valence-corrected chi connectivity index (χ1v) is 14.2. The van der Waals surface area contributed by atoms with Crippen LogP contribution in [0.5, 0.6) is 5.75 Å². The monoisotopic (exact) mass is 582 g/mol. The number of aromatic nitrogens is 1. The number of urea groups is 1. The number of halogens is 1. The number of aromatic hydroxyl groups is 1. The molecule has 2 saturated heterocycles. The molecule has 1 aromatic heterocycles. The second-order valence-corrected chi connectivity index (χ2v) is 11.0. The molecule has 4 amide bonds. The van der Waals surface area contributed by atoms with Gasteiger partial charge in [0.1, 0.15) is 23.1 Å². The number of anilines is 1. The highest BCUT2D eigenvalue weighted by molar-refractivity contribution is 6.10. The Bertz CT molecular complexity index is 1710. The Hall–Kier alpha value is -4.95. The maximum absolute atomic E-state index is 15.4. The van der Waals surface area contributed by atoms with E-state index in [1.165, 1.54) is 23.1 Å². The predicted octanol–water partition coefficient (Wildman–Crippen LogP) is 2.63. The molecule has 2 aromatic carbocycles. The fraction of sp³-hybridized carbons (Fsp3) is 0.312. The van der Waals surface area contributed by atoms with Crippen LogP contribution in [0.25, 0.3) is 11.3 Å². The smallest absolute Gasteiger partial charge is 0.323 e. The minimum absolute atomic E-state index is 0.106. The number of hydrogen-bond acceptors (Lipinski definition) is 7. The van der Waals surface area contributed by atoms with E-state index >= 15 is 4.39 Å². The number of carbonyl (C=O) groups excluding carboxylic acids is 3. The van der Waals surface area contributed by atoms with Crippen molar-refractivity contribution < 1.29 is 23.9 Å². The number of nitrogens with zero attached hydrogens (tertiary/aromatic N) is 4. The normalized spacial score (nSPS) is 20.0. The van der Waals surface area contributed by atoms with E-state index in [-0.39, 0.29) is 41.6 Å². The molecule has 3 aliphatic rings. The van der Waals surface area contributed by atoms with Crippen LogP contribution in [-0.4, -0.2) is 82.5 Å². The number of fused-ring (bicyclic) bond motifs is 1. The molecule has 0 aliphatic carbocycles. The van der Waals surface area contributed by atoms with Crippen LogP contribution in [0.15, 0.2) is 48.5 Å². The molecule has 10 nitrogen and oxygen atoms in total. The molecule has 0 spiro atoms. The zero-order valence-electron chi connectivity index (χ0n) is 23.9. The van der Waals surface area contributed by atoms with Gasteiger partial charge in [-0.2, -0.15) is 0 Å². The molecule has 3 N–H and O–H groups in total. The number of likely N-dealkylation sites (N-methyl/N-ethyl adjacent to an activating group) is 1. The number of pyridine rings is 1. The Kier molecular flexibility index (Phi) is 7.23. The van der Waals surface area contributed by atoms with Crippen molar-refractivity contribution in [3.05, 3.63) is 76.6 Å². The van der Waals surface area contributed by atoms with Crippen molar-refractivity contribution in [1.29, 1.82) is 0 Å². The van der Waals surface area contributed by atoms with E-state index in [0.29, 0.717) is 11.4 Å². The largest absolute Gasteiger partial charge is 0.506 e.